The zero-order valence-electron chi connectivity index (χ0n) is 20.1. The van der Waals surface area contributed by atoms with Crippen LogP contribution in [-0.2, 0) is 7.05 Å². The summed E-state index contributed by atoms with van der Waals surface area (Å²) in [7, 11) is 1.85. The molecule has 6 heteroatoms. The van der Waals surface area contributed by atoms with Gasteiger partial charge in [0.2, 0.25) is 0 Å². The second-order valence-corrected chi connectivity index (χ2v) is 10.1. The van der Waals surface area contributed by atoms with Gasteiger partial charge in [-0.05, 0) is 72.9 Å². The summed E-state index contributed by atoms with van der Waals surface area (Å²) in [4.78, 5) is 27.4. The van der Waals surface area contributed by atoms with Gasteiger partial charge in [-0.3, -0.25) is 9.36 Å². The molecule has 174 valence electrons. The van der Waals surface area contributed by atoms with Crippen LogP contribution in [0.3, 0.4) is 0 Å². The number of pyridine rings is 1. The number of hydrogen-bond acceptors (Lipinski definition) is 4. The number of carboxylic acid groups (broad SMARTS) is 1. The highest BCUT2D eigenvalue weighted by Gasteiger charge is 2.27. The number of nitrogens with zero attached hydrogens (tertiary/aromatic N) is 2. The summed E-state index contributed by atoms with van der Waals surface area (Å²) in [6, 6.07) is 12.9. The minimum absolute atomic E-state index is 0.00424. The maximum atomic E-state index is 13.4. The van der Waals surface area contributed by atoms with E-state index >= 15 is 0 Å². The lowest BCUT2D eigenvalue weighted by molar-refractivity contribution is 0.0698. The molecular weight excluding hydrogens is 414 g/mol. The molecule has 1 atom stereocenters. The summed E-state index contributed by atoms with van der Waals surface area (Å²) < 4.78 is 1.77. The predicted molar refractivity (Wildman–Crippen MR) is 135 cm³/mol. The van der Waals surface area contributed by atoms with Crippen LogP contribution in [0, 0.1) is 12.3 Å². The Kier molecular flexibility index (Phi) is 5.95. The zero-order valence-corrected chi connectivity index (χ0v) is 20.1. The van der Waals surface area contributed by atoms with Crippen LogP contribution in [-0.4, -0.2) is 28.7 Å². The summed E-state index contributed by atoms with van der Waals surface area (Å²) in [6.45, 7) is 10.4. The van der Waals surface area contributed by atoms with Gasteiger partial charge in [0.15, 0.2) is 0 Å². The summed E-state index contributed by atoms with van der Waals surface area (Å²) in [5.41, 5.74) is 3.10. The minimum atomic E-state index is -0.969. The fourth-order valence-electron chi connectivity index (χ4n) is 4.78. The molecule has 2 aromatic carbocycles. The van der Waals surface area contributed by atoms with Crippen LogP contribution in [0.25, 0.3) is 10.8 Å². The highest BCUT2D eigenvalue weighted by molar-refractivity contribution is 5.94. The maximum Gasteiger partial charge on any atom is 0.337 e. The molecule has 2 heterocycles. The first-order valence-electron chi connectivity index (χ1n) is 11.6. The highest BCUT2D eigenvalue weighted by atomic mass is 16.4. The van der Waals surface area contributed by atoms with E-state index in [4.69, 9.17) is 0 Å². The van der Waals surface area contributed by atoms with E-state index in [0.29, 0.717) is 16.5 Å². The number of benzene rings is 2. The van der Waals surface area contributed by atoms with Crippen LogP contribution in [0.1, 0.15) is 61.1 Å². The molecule has 2 N–H and O–H groups in total. The fourth-order valence-corrected chi connectivity index (χ4v) is 4.78. The number of hydrogen-bond donors (Lipinski definition) is 2. The molecule has 0 amide bonds. The average molecular weight is 448 g/mol. The highest BCUT2D eigenvalue weighted by Crippen LogP contribution is 2.34. The second-order valence-electron chi connectivity index (χ2n) is 10.1. The van der Waals surface area contributed by atoms with Crippen molar-refractivity contribution >= 4 is 28.2 Å². The quantitative estimate of drug-likeness (QED) is 0.552. The number of fused-ring (bicyclic) bond motifs is 1. The molecule has 0 unspecified atom stereocenters. The van der Waals surface area contributed by atoms with E-state index in [0.717, 1.165) is 48.3 Å². The fraction of sp³-hybridized carbons (Fsp3) is 0.407. The standard InChI is InChI=1S/C27H33N3O3/c1-17-14-20(18(2)28-23-9-7-6-8-19(23)26(32)33)21-16-24(29(5)25(31)22(21)15-17)30-12-10-27(3,4)11-13-30/h6-9,14-16,18,28H,10-13H2,1-5H3,(H,32,33)/t18-/m1/s1. The molecule has 0 bridgehead atoms. The number of para-hydroxylation sites is 1. The third-order valence-electron chi connectivity index (χ3n) is 6.95. The first kappa shape index (κ1) is 22.9. The van der Waals surface area contributed by atoms with Gasteiger partial charge >= 0.3 is 5.97 Å². The molecule has 0 saturated carbocycles. The number of rotatable bonds is 5. The SMILES string of the molecule is Cc1cc([C@@H](C)Nc2ccccc2C(=O)O)c2cc(N3CCC(C)(C)CC3)n(C)c(=O)c2c1. The van der Waals surface area contributed by atoms with Gasteiger partial charge in [-0.1, -0.05) is 32.0 Å². The first-order chi connectivity index (χ1) is 15.6. The summed E-state index contributed by atoms with van der Waals surface area (Å²) >= 11 is 0. The van der Waals surface area contributed by atoms with E-state index in [9.17, 15) is 14.7 Å². The van der Waals surface area contributed by atoms with Crippen molar-refractivity contribution in [2.24, 2.45) is 12.5 Å². The normalized spacial score (nSPS) is 16.6. The Bertz CT molecular complexity index is 1270. The lowest BCUT2D eigenvalue weighted by Crippen LogP contribution is -2.40. The van der Waals surface area contributed by atoms with Gasteiger partial charge in [-0.2, -0.15) is 0 Å². The minimum Gasteiger partial charge on any atom is -0.478 e. The van der Waals surface area contributed by atoms with Crippen LogP contribution in [0.5, 0.6) is 0 Å². The topological polar surface area (TPSA) is 74.6 Å². The van der Waals surface area contributed by atoms with Gasteiger partial charge in [0, 0.05) is 37.3 Å². The van der Waals surface area contributed by atoms with Gasteiger partial charge in [0.1, 0.15) is 5.82 Å². The number of anilines is 2. The number of aromatic nitrogens is 1. The smallest absolute Gasteiger partial charge is 0.337 e. The van der Waals surface area contributed by atoms with Crippen LogP contribution in [0.2, 0.25) is 0 Å². The van der Waals surface area contributed by atoms with Gasteiger partial charge in [-0.15, -0.1) is 0 Å². The van der Waals surface area contributed by atoms with E-state index in [1.165, 1.54) is 0 Å². The van der Waals surface area contributed by atoms with Crippen molar-refractivity contribution in [2.45, 2.75) is 46.6 Å². The molecule has 0 aliphatic carbocycles. The molecule has 0 radical (unpaired) electrons. The third kappa shape index (κ3) is 4.47. The molecule has 33 heavy (non-hydrogen) atoms. The van der Waals surface area contributed by atoms with E-state index in [-0.39, 0.29) is 17.2 Å². The Morgan fingerprint density at radius 3 is 2.42 bits per heavy atom. The van der Waals surface area contributed by atoms with Gasteiger partial charge in [0.25, 0.3) is 5.56 Å². The molecule has 4 rings (SSSR count). The van der Waals surface area contributed by atoms with Crippen LogP contribution >= 0.6 is 0 Å². The number of nitrogens with one attached hydrogen (secondary N) is 1. The monoisotopic (exact) mass is 447 g/mol. The van der Waals surface area contributed by atoms with Gasteiger partial charge in [-0.25, -0.2) is 4.79 Å². The number of aromatic carboxylic acids is 1. The Morgan fingerprint density at radius 2 is 1.76 bits per heavy atom. The van der Waals surface area contributed by atoms with Crippen LogP contribution in [0.4, 0.5) is 11.5 Å². The van der Waals surface area contributed by atoms with E-state index in [1.807, 2.05) is 33.0 Å². The Balaban J connectivity index is 1.80. The van der Waals surface area contributed by atoms with Crippen molar-refractivity contribution in [3.63, 3.8) is 0 Å². The third-order valence-corrected chi connectivity index (χ3v) is 6.95. The molecule has 1 fully saturated rings. The predicted octanol–water partition coefficient (Wildman–Crippen LogP) is 5.34. The largest absolute Gasteiger partial charge is 0.478 e. The van der Waals surface area contributed by atoms with Crippen LogP contribution < -0.4 is 15.8 Å². The Hall–Kier alpha value is -3.28. The van der Waals surface area contributed by atoms with Crippen molar-refractivity contribution in [1.82, 2.24) is 4.57 Å². The summed E-state index contributed by atoms with van der Waals surface area (Å²) in [5.74, 6) is -0.0326. The Labute approximate surface area is 194 Å². The Morgan fingerprint density at radius 1 is 1.09 bits per heavy atom. The molecular formula is C27H33N3O3. The van der Waals surface area contributed by atoms with E-state index in [2.05, 4.69) is 36.2 Å². The van der Waals surface area contributed by atoms with Crippen molar-refractivity contribution < 1.29 is 9.90 Å². The second kappa shape index (κ2) is 8.58. The van der Waals surface area contributed by atoms with Crippen molar-refractivity contribution in [2.75, 3.05) is 23.3 Å². The number of aryl methyl sites for hydroxylation is 1. The molecule has 1 aliphatic rings. The molecule has 0 spiro atoms. The van der Waals surface area contributed by atoms with Crippen LogP contribution in [0.15, 0.2) is 47.3 Å². The lowest BCUT2D eigenvalue weighted by atomic mass is 9.82. The maximum absolute atomic E-state index is 13.4. The van der Waals surface area contributed by atoms with E-state index < -0.39 is 5.97 Å². The van der Waals surface area contributed by atoms with E-state index in [1.54, 1.807) is 22.8 Å². The molecule has 3 aromatic rings. The van der Waals surface area contributed by atoms with Gasteiger partial charge in [0.05, 0.1) is 5.56 Å². The zero-order chi connectivity index (χ0) is 23.9. The van der Waals surface area contributed by atoms with Crippen molar-refractivity contribution in [3.8, 4) is 0 Å². The number of piperidine rings is 1. The molecule has 1 aromatic heterocycles. The molecule has 1 aliphatic heterocycles. The summed E-state index contributed by atoms with van der Waals surface area (Å²) in [6.07, 6.45) is 2.17. The number of carbonyl (C=O) groups is 1. The molecule has 1 saturated heterocycles. The number of carboxylic acids is 1. The lowest BCUT2D eigenvalue weighted by Gasteiger charge is -2.38. The van der Waals surface area contributed by atoms with Gasteiger partial charge < -0.3 is 15.3 Å². The average Bonchev–Trinajstić information content (AvgIpc) is 2.76. The van der Waals surface area contributed by atoms with Crippen molar-refractivity contribution in [3.05, 3.63) is 69.5 Å². The summed E-state index contributed by atoms with van der Waals surface area (Å²) in [5, 5.41) is 14.5. The first-order valence-corrected chi connectivity index (χ1v) is 11.6. The molecule has 6 nitrogen and oxygen atoms in total. The van der Waals surface area contributed by atoms with Crippen molar-refractivity contribution in [1.29, 1.82) is 0 Å².